The van der Waals surface area contributed by atoms with E-state index in [1.54, 1.807) is 18.5 Å². The van der Waals surface area contributed by atoms with Crippen LogP contribution in [0.1, 0.15) is 17.0 Å². The van der Waals surface area contributed by atoms with Gasteiger partial charge in [-0.2, -0.15) is 17.9 Å². The third kappa shape index (κ3) is 3.16. The number of tetrazole rings is 1. The highest BCUT2D eigenvalue weighted by Crippen LogP contribution is 2.37. The summed E-state index contributed by atoms with van der Waals surface area (Å²) in [6.07, 6.45) is -0.985. The van der Waals surface area contributed by atoms with Crippen molar-refractivity contribution in [2.45, 2.75) is 12.6 Å². The van der Waals surface area contributed by atoms with E-state index in [0.29, 0.717) is 12.2 Å². The SMILES string of the molecule is FC(F)(F)c1cccc(-n2nnnc2Cc2cccnc2)c1Cl. The molecule has 0 aliphatic heterocycles. The van der Waals surface area contributed by atoms with Crippen molar-refractivity contribution in [1.29, 1.82) is 0 Å². The van der Waals surface area contributed by atoms with Gasteiger partial charge in [-0.15, -0.1) is 5.10 Å². The van der Waals surface area contributed by atoms with Crippen molar-refractivity contribution in [3.05, 3.63) is 64.7 Å². The van der Waals surface area contributed by atoms with Crippen LogP contribution in [-0.2, 0) is 12.6 Å². The van der Waals surface area contributed by atoms with E-state index in [-0.39, 0.29) is 5.69 Å². The van der Waals surface area contributed by atoms with Crippen LogP contribution in [0, 0.1) is 0 Å². The Morgan fingerprint density at radius 1 is 1.13 bits per heavy atom. The highest BCUT2D eigenvalue weighted by atomic mass is 35.5. The second kappa shape index (κ2) is 5.96. The quantitative estimate of drug-likeness (QED) is 0.734. The van der Waals surface area contributed by atoms with Crippen molar-refractivity contribution in [1.82, 2.24) is 25.2 Å². The molecule has 3 rings (SSSR count). The lowest BCUT2D eigenvalue weighted by Gasteiger charge is -2.12. The lowest BCUT2D eigenvalue weighted by Crippen LogP contribution is -2.10. The molecule has 0 radical (unpaired) electrons. The number of benzene rings is 1. The van der Waals surface area contributed by atoms with E-state index in [2.05, 4.69) is 20.5 Å². The number of halogens is 4. The normalized spacial score (nSPS) is 11.7. The number of aromatic nitrogens is 5. The largest absolute Gasteiger partial charge is 0.417 e. The number of alkyl halides is 3. The van der Waals surface area contributed by atoms with Crippen LogP contribution in [0.3, 0.4) is 0 Å². The van der Waals surface area contributed by atoms with Crippen LogP contribution in [0.2, 0.25) is 5.02 Å². The molecule has 23 heavy (non-hydrogen) atoms. The van der Waals surface area contributed by atoms with Crippen LogP contribution >= 0.6 is 11.6 Å². The molecule has 0 amide bonds. The molecule has 0 saturated carbocycles. The van der Waals surface area contributed by atoms with Gasteiger partial charge in [0.2, 0.25) is 0 Å². The summed E-state index contributed by atoms with van der Waals surface area (Å²) in [4.78, 5) is 3.98. The average Bonchev–Trinajstić information content (AvgIpc) is 2.95. The fraction of sp³-hybridized carbons (Fsp3) is 0.143. The Bertz CT molecular complexity index is 817. The maximum absolute atomic E-state index is 13.0. The summed E-state index contributed by atoms with van der Waals surface area (Å²) in [6, 6.07) is 7.18. The molecule has 0 bridgehead atoms. The molecule has 118 valence electrons. The molecule has 0 unspecified atom stereocenters. The molecule has 0 fully saturated rings. The maximum atomic E-state index is 13.0. The standard InChI is InChI=1S/C14H9ClF3N5/c15-13-10(14(16,17)18)4-1-5-11(13)23-12(20-21-22-23)7-9-3-2-6-19-8-9/h1-6,8H,7H2. The van der Waals surface area contributed by atoms with E-state index < -0.39 is 16.8 Å². The van der Waals surface area contributed by atoms with Crippen LogP contribution in [0.5, 0.6) is 0 Å². The van der Waals surface area contributed by atoms with Gasteiger partial charge >= 0.3 is 6.18 Å². The highest BCUT2D eigenvalue weighted by molar-refractivity contribution is 6.33. The first-order valence-corrected chi connectivity index (χ1v) is 6.87. The minimum atomic E-state index is -4.55. The molecular formula is C14H9ClF3N5. The summed E-state index contributed by atoms with van der Waals surface area (Å²) in [5.41, 5.74) is -0.0310. The second-order valence-corrected chi connectivity index (χ2v) is 5.06. The summed E-state index contributed by atoms with van der Waals surface area (Å²) in [7, 11) is 0. The lowest BCUT2D eigenvalue weighted by atomic mass is 10.1. The minimum Gasteiger partial charge on any atom is -0.264 e. The smallest absolute Gasteiger partial charge is 0.264 e. The molecule has 5 nitrogen and oxygen atoms in total. The fourth-order valence-corrected chi connectivity index (χ4v) is 2.40. The van der Waals surface area contributed by atoms with Gasteiger partial charge in [-0.25, -0.2) is 0 Å². The summed E-state index contributed by atoms with van der Waals surface area (Å²) < 4.78 is 40.1. The van der Waals surface area contributed by atoms with Crippen LogP contribution in [-0.4, -0.2) is 25.2 Å². The lowest BCUT2D eigenvalue weighted by molar-refractivity contribution is -0.137. The van der Waals surface area contributed by atoms with Crippen LogP contribution < -0.4 is 0 Å². The zero-order valence-electron chi connectivity index (χ0n) is 11.5. The Kier molecular flexibility index (Phi) is 3.99. The van der Waals surface area contributed by atoms with Crippen molar-refractivity contribution in [3.8, 4) is 5.69 Å². The van der Waals surface area contributed by atoms with E-state index in [9.17, 15) is 13.2 Å². The molecule has 0 spiro atoms. The molecule has 2 heterocycles. The molecule has 1 aromatic carbocycles. The van der Waals surface area contributed by atoms with Gasteiger partial charge in [-0.05, 0) is 34.2 Å². The zero-order chi connectivity index (χ0) is 16.4. The summed E-state index contributed by atoms with van der Waals surface area (Å²) >= 11 is 5.91. The number of rotatable bonds is 3. The van der Waals surface area contributed by atoms with Gasteiger partial charge in [-0.3, -0.25) is 4.98 Å². The van der Waals surface area contributed by atoms with Crippen molar-refractivity contribution in [2.75, 3.05) is 0 Å². The molecule has 0 aliphatic rings. The summed E-state index contributed by atoms with van der Waals surface area (Å²) in [5, 5.41) is 10.7. The Hall–Kier alpha value is -2.48. The molecule has 2 aromatic heterocycles. The topological polar surface area (TPSA) is 56.5 Å². The van der Waals surface area contributed by atoms with Crippen LogP contribution in [0.4, 0.5) is 13.2 Å². The molecule has 0 saturated heterocycles. The maximum Gasteiger partial charge on any atom is 0.417 e. The molecule has 9 heteroatoms. The van der Waals surface area contributed by atoms with Gasteiger partial charge in [0.25, 0.3) is 0 Å². The van der Waals surface area contributed by atoms with Gasteiger partial charge in [0.05, 0.1) is 16.3 Å². The Morgan fingerprint density at radius 2 is 1.96 bits per heavy atom. The highest BCUT2D eigenvalue weighted by Gasteiger charge is 2.34. The monoisotopic (exact) mass is 339 g/mol. The van der Waals surface area contributed by atoms with E-state index in [4.69, 9.17) is 11.6 Å². The molecule has 0 aliphatic carbocycles. The second-order valence-electron chi connectivity index (χ2n) is 4.68. The number of hydrogen-bond donors (Lipinski definition) is 0. The van der Waals surface area contributed by atoms with Crippen LogP contribution in [0.25, 0.3) is 5.69 Å². The molecule has 3 aromatic rings. The van der Waals surface area contributed by atoms with Crippen LogP contribution in [0.15, 0.2) is 42.7 Å². The predicted octanol–water partition coefficient (Wildman–Crippen LogP) is 3.32. The number of nitrogens with zero attached hydrogens (tertiary/aromatic N) is 5. The van der Waals surface area contributed by atoms with Gasteiger partial charge in [-0.1, -0.05) is 23.7 Å². The number of hydrogen-bond acceptors (Lipinski definition) is 4. The summed E-state index contributed by atoms with van der Waals surface area (Å²) in [5.74, 6) is 0.360. The Morgan fingerprint density at radius 3 is 2.65 bits per heavy atom. The van der Waals surface area contributed by atoms with E-state index in [0.717, 1.165) is 11.6 Å². The third-order valence-corrected chi connectivity index (χ3v) is 3.53. The van der Waals surface area contributed by atoms with Gasteiger partial charge in [0.1, 0.15) is 0 Å². The van der Waals surface area contributed by atoms with Gasteiger partial charge in [0.15, 0.2) is 5.82 Å². The summed E-state index contributed by atoms with van der Waals surface area (Å²) in [6.45, 7) is 0. The van der Waals surface area contributed by atoms with E-state index in [1.807, 2.05) is 6.07 Å². The van der Waals surface area contributed by atoms with Crippen molar-refractivity contribution in [2.24, 2.45) is 0 Å². The van der Waals surface area contributed by atoms with Crippen molar-refractivity contribution >= 4 is 11.6 Å². The Labute approximate surface area is 133 Å². The first kappa shape index (κ1) is 15.4. The van der Waals surface area contributed by atoms with Crippen molar-refractivity contribution in [3.63, 3.8) is 0 Å². The number of pyridine rings is 1. The van der Waals surface area contributed by atoms with Gasteiger partial charge < -0.3 is 0 Å². The van der Waals surface area contributed by atoms with Gasteiger partial charge in [0, 0.05) is 18.8 Å². The minimum absolute atomic E-state index is 0.0744. The third-order valence-electron chi connectivity index (χ3n) is 3.13. The fourth-order valence-electron chi connectivity index (χ4n) is 2.09. The first-order chi connectivity index (χ1) is 11.0. The Balaban J connectivity index is 2.03. The first-order valence-electron chi connectivity index (χ1n) is 6.49. The molecule has 0 N–H and O–H groups in total. The van der Waals surface area contributed by atoms with Crippen molar-refractivity contribution < 1.29 is 13.2 Å². The predicted molar refractivity (Wildman–Crippen MR) is 76.2 cm³/mol. The average molecular weight is 340 g/mol. The molecule has 0 atom stereocenters. The van der Waals surface area contributed by atoms with E-state index >= 15 is 0 Å². The molecular weight excluding hydrogens is 331 g/mol. The van der Waals surface area contributed by atoms with E-state index in [1.165, 1.54) is 16.8 Å². The zero-order valence-corrected chi connectivity index (χ0v) is 12.3.